The van der Waals surface area contributed by atoms with E-state index in [4.69, 9.17) is 4.74 Å². The molecule has 2 aliphatic rings. The fourth-order valence-corrected chi connectivity index (χ4v) is 3.08. The maximum Gasteiger partial charge on any atom is 0.254 e. The highest BCUT2D eigenvalue weighted by molar-refractivity contribution is 5.99. The summed E-state index contributed by atoms with van der Waals surface area (Å²) in [6, 6.07) is 7.29. The lowest BCUT2D eigenvalue weighted by Crippen LogP contribution is -2.40. The van der Waals surface area contributed by atoms with E-state index in [-0.39, 0.29) is 17.9 Å². The van der Waals surface area contributed by atoms with E-state index >= 15 is 0 Å². The first-order valence-corrected chi connectivity index (χ1v) is 8.02. The second kappa shape index (κ2) is 6.92. The van der Waals surface area contributed by atoms with Crippen LogP contribution in [0.4, 0.5) is 0 Å². The Hall–Kier alpha value is -1.88. The van der Waals surface area contributed by atoms with Gasteiger partial charge in [0.25, 0.3) is 11.8 Å². The zero-order valence-electron chi connectivity index (χ0n) is 12.7. The van der Waals surface area contributed by atoms with Gasteiger partial charge in [-0.15, -0.1) is 0 Å². The molecular formula is C17H22N2O3. The minimum absolute atomic E-state index is 0.0289. The number of hydrogen-bond acceptors (Lipinski definition) is 3. The van der Waals surface area contributed by atoms with Gasteiger partial charge in [-0.05, 0) is 31.0 Å². The third-order valence-corrected chi connectivity index (χ3v) is 4.36. The van der Waals surface area contributed by atoms with Gasteiger partial charge in [0.05, 0.1) is 13.2 Å². The lowest BCUT2D eigenvalue weighted by molar-refractivity contribution is 0.0303. The van der Waals surface area contributed by atoms with Gasteiger partial charge in [-0.1, -0.05) is 18.9 Å². The van der Waals surface area contributed by atoms with E-state index in [0.717, 1.165) is 12.8 Å². The summed E-state index contributed by atoms with van der Waals surface area (Å²) >= 11 is 0. The van der Waals surface area contributed by atoms with Crippen molar-refractivity contribution < 1.29 is 14.3 Å². The number of nitrogens with zero attached hydrogens (tertiary/aromatic N) is 1. The van der Waals surface area contributed by atoms with Gasteiger partial charge in [0.15, 0.2) is 0 Å². The summed E-state index contributed by atoms with van der Waals surface area (Å²) in [5.74, 6) is -0.109. The Balaban J connectivity index is 1.68. The van der Waals surface area contributed by atoms with E-state index in [0.29, 0.717) is 37.4 Å². The molecule has 0 spiro atoms. The van der Waals surface area contributed by atoms with Crippen molar-refractivity contribution in [2.24, 2.45) is 0 Å². The van der Waals surface area contributed by atoms with Gasteiger partial charge < -0.3 is 15.0 Å². The largest absolute Gasteiger partial charge is 0.378 e. The van der Waals surface area contributed by atoms with Gasteiger partial charge >= 0.3 is 0 Å². The highest BCUT2D eigenvalue weighted by atomic mass is 16.5. The van der Waals surface area contributed by atoms with Crippen LogP contribution in [0.2, 0.25) is 0 Å². The molecule has 1 aliphatic heterocycles. The van der Waals surface area contributed by atoms with Gasteiger partial charge in [-0.2, -0.15) is 0 Å². The number of ether oxygens (including phenoxy) is 1. The molecule has 1 aromatic rings. The first-order valence-electron chi connectivity index (χ1n) is 8.02. The first kappa shape index (κ1) is 15.0. The highest BCUT2D eigenvalue weighted by Crippen LogP contribution is 2.18. The lowest BCUT2D eigenvalue weighted by Gasteiger charge is -2.27. The molecular weight excluding hydrogens is 280 g/mol. The van der Waals surface area contributed by atoms with Gasteiger partial charge in [0.1, 0.15) is 0 Å². The van der Waals surface area contributed by atoms with Gasteiger partial charge in [-0.3, -0.25) is 9.59 Å². The Bertz CT molecular complexity index is 547. The number of rotatable bonds is 3. The first-order chi connectivity index (χ1) is 10.7. The molecule has 0 bridgehead atoms. The van der Waals surface area contributed by atoms with Crippen molar-refractivity contribution in [2.75, 3.05) is 26.3 Å². The van der Waals surface area contributed by atoms with Crippen LogP contribution in [0.5, 0.6) is 0 Å². The molecule has 3 rings (SSSR count). The van der Waals surface area contributed by atoms with E-state index in [9.17, 15) is 9.59 Å². The average Bonchev–Trinajstić information content (AvgIpc) is 3.08. The van der Waals surface area contributed by atoms with Gasteiger partial charge in [-0.25, -0.2) is 0 Å². The normalized spacial score (nSPS) is 19.2. The summed E-state index contributed by atoms with van der Waals surface area (Å²) in [5.41, 5.74) is 1.13. The fraction of sp³-hybridized carbons (Fsp3) is 0.529. The van der Waals surface area contributed by atoms with Crippen LogP contribution in [0.25, 0.3) is 0 Å². The van der Waals surface area contributed by atoms with Crippen LogP contribution >= 0.6 is 0 Å². The van der Waals surface area contributed by atoms with E-state index < -0.39 is 0 Å². The summed E-state index contributed by atoms with van der Waals surface area (Å²) in [6.07, 6.45) is 4.47. The molecule has 1 aromatic carbocycles. The summed E-state index contributed by atoms with van der Waals surface area (Å²) in [6.45, 7) is 2.37. The van der Waals surface area contributed by atoms with Crippen LogP contribution in [-0.4, -0.2) is 49.1 Å². The van der Waals surface area contributed by atoms with Crippen LogP contribution in [0.1, 0.15) is 46.4 Å². The topological polar surface area (TPSA) is 58.6 Å². The Morgan fingerprint density at radius 2 is 1.77 bits per heavy atom. The number of carbonyl (C=O) groups excluding carboxylic acids is 2. The molecule has 0 radical (unpaired) electrons. The molecule has 1 saturated carbocycles. The minimum Gasteiger partial charge on any atom is -0.378 e. The fourth-order valence-electron chi connectivity index (χ4n) is 3.08. The number of nitrogens with one attached hydrogen (secondary N) is 1. The Labute approximate surface area is 130 Å². The third kappa shape index (κ3) is 3.47. The maximum atomic E-state index is 12.5. The van der Waals surface area contributed by atoms with E-state index in [1.54, 1.807) is 29.2 Å². The van der Waals surface area contributed by atoms with Crippen molar-refractivity contribution in [3.8, 4) is 0 Å². The average molecular weight is 302 g/mol. The maximum absolute atomic E-state index is 12.5. The number of morpholine rings is 1. The van der Waals surface area contributed by atoms with Gasteiger partial charge in [0, 0.05) is 30.3 Å². The van der Waals surface area contributed by atoms with Crippen molar-refractivity contribution in [1.29, 1.82) is 0 Å². The molecule has 0 atom stereocenters. The Morgan fingerprint density at radius 3 is 2.50 bits per heavy atom. The summed E-state index contributed by atoms with van der Waals surface area (Å²) in [7, 11) is 0. The summed E-state index contributed by atoms with van der Waals surface area (Å²) in [5, 5.41) is 3.06. The van der Waals surface area contributed by atoms with E-state index in [1.165, 1.54) is 12.8 Å². The minimum atomic E-state index is -0.0801. The number of hydrogen-bond donors (Lipinski definition) is 1. The molecule has 1 heterocycles. The molecule has 22 heavy (non-hydrogen) atoms. The smallest absolute Gasteiger partial charge is 0.254 e. The van der Waals surface area contributed by atoms with Crippen molar-refractivity contribution in [2.45, 2.75) is 31.7 Å². The van der Waals surface area contributed by atoms with E-state index in [2.05, 4.69) is 5.32 Å². The monoisotopic (exact) mass is 302 g/mol. The Morgan fingerprint density at radius 1 is 1.09 bits per heavy atom. The van der Waals surface area contributed by atoms with Gasteiger partial charge in [0.2, 0.25) is 0 Å². The van der Waals surface area contributed by atoms with Crippen LogP contribution in [0, 0.1) is 0 Å². The zero-order chi connectivity index (χ0) is 15.4. The molecule has 2 amide bonds. The quantitative estimate of drug-likeness (QED) is 0.927. The molecule has 5 heteroatoms. The summed E-state index contributed by atoms with van der Waals surface area (Å²) < 4.78 is 5.26. The Kier molecular flexibility index (Phi) is 4.73. The SMILES string of the molecule is O=C(NC1CCCC1)c1cccc(C(=O)N2CCOCC2)c1. The van der Waals surface area contributed by atoms with Crippen molar-refractivity contribution in [3.63, 3.8) is 0 Å². The van der Waals surface area contributed by atoms with Crippen LogP contribution in [0.15, 0.2) is 24.3 Å². The number of amides is 2. The highest BCUT2D eigenvalue weighted by Gasteiger charge is 2.21. The molecule has 5 nitrogen and oxygen atoms in total. The molecule has 0 unspecified atom stereocenters. The predicted molar refractivity (Wildman–Crippen MR) is 82.9 cm³/mol. The van der Waals surface area contributed by atoms with Crippen molar-refractivity contribution in [3.05, 3.63) is 35.4 Å². The molecule has 2 fully saturated rings. The summed E-state index contributed by atoms with van der Waals surface area (Å²) in [4.78, 5) is 26.5. The van der Waals surface area contributed by atoms with Crippen molar-refractivity contribution in [1.82, 2.24) is 10.2 Å². The second-order valence-corrected chi connectivity index (χ2v) is 5.94. The standard InChI is InChI=1S/C17H22N2O3/c20-16(18-15-6-1-2-7-15)13-4-3-5-14(12-13)17(21)19-8-10-22-11-9-19/h3-5,12,15H,1-2,6-11H2,(H,18,20). The van der Waals surface area contributed by atoms with Crippen LogP contribution in [0.3, 0.4) is 0 Å². The van der Waals surface area contributed by atoms with Crippen LogP contribution in [-0.2, 0) is 4.74 Å². The number of benzene rings is 1. The molecule has 0 aromatic heterocycles. The molecule has 1 saturated heterocycles. The predicted octanol–water partition coefficient (Wildman–Crippen LogP) is 1.83. The van der Waals surface area contributed by atoms with Crippen molar-refractivity contribution >= 4 is 11.8 Å². The lowest BCUT2D eigenvalue weighted by atomic mass is 10.1. The molecule has 118 valence electrons. The zero-order valence-corrected chi connectivity index (χ0v) is 12.7. The second-order valence-electron chi connectivity index (χ2n) is 5.94. The van der Waals surface area contributed by atoms with Crippen LogP contribution < -0.4 is 5.32 Å². The molecule has 1 N–H and O–H groups in total. The third-order valence-electron chi connectivity index (χ3n) is 4.36. The molecule has 1 aliphatic carbocycles. The number of carbonyl (C=O) groups is 2. The van der Waals surface area contributed by atoms with E-state index in [1.807, 2.05) is 0 Å².